The fourth-order valence-electron chi connectivity index (χ4n) is 4.59. The summed E-state index contributed by atoms with van der Waals surface area (Å²) >= 11 is 0. The molecule has 0 fully saturated rings. The summed E-state index contributed by atoms with van der Waals surface area (Å²) < 4.78 is 6.03. The van der Waals surface area contributed by atoms with Gasteiger partial charge in [-0.2, -0.15) is 0 Å². The van der Waals surface area contributed by atoms with Gasteiger partial charge in [0.15, 0.2) is 0 Å². The minimum Gasteiger partial charge on any atom is -0.489 e. The molecule has 0 heterocycles. The molecule has 2 unspecified atom stereocenters. The number of nitrogens with zero attached hydrogens (tertiary/aromatic N) is 1. The number of aliphatic carboxylic acids is 1. The number of ether oxygens (including phenoxy) is 1. The van der Waals surface area contributed by atoms with Crippen LogP contribution in [-0.2, 0) is 16.8 Å². The molecule has 0 spiro atoms. The summed E-state index contributed by atoms with van der Waals surface area (Å²) in [5, 5.41) is 9.17. The van der Waals surface area contributed by atoms with Crippen LogP contribution in [0.2, 0.25) is 0 Å². The third kappa shape index (κ3) is 5.27. The maximum Gasteiger partial charge on any atom is 0.304 e. The Hall–Kier alpha value is -2.82. The number of nitrogens with two attached hydrogens (primary N) is 1. The Balaban J connectivity index is 1.73. The average Bonchev–Trinajstić information content (AvgIpc) is 2.76. The van der Waals surface area contributed by atoms with Crippen molar-refractivity contribution in [2.75, 3.05) is 7.05 Å². The first kappa shape index (κ1) is 22.9. The van der Waals surface area contributed by atoms with Crippen molar-refractivity contribution in [2.24, 2.45) is 10.7 Å². The van der Waals surface area contributed by atoms with Crippen LogP contribution in [0.3, 0.4) is 0 Å². The molecule has 0 saturated carbocycles. The van der Waals surface area contributed by atoms with E-state index in [-0.39, 0.29) is 11.8 Å². The monoisotopic (exact) mass is 422 g/mol. The number of benzene rings is 2. The molecule has 1 aliphatic carbocycles. The van der Waals surface area contributed by atoms with E-state index in [1.807, 2.05) is 24.3 Å². The summed E-state index contributed by atoms with van der Waals surface area (Å²) in [4.78, 5) is 15.2. The number of rotatable bonds is 8. The quantitative estimate of drug-likeness (QED) is 0.442. The van der Waals surface area contributed by atoms with Crippen molar-refractivity contribution in [3.8, 4) is 5.75 Å². The molecule has 2 atom stereocenters. The van der Waals surface area contributed by atoms with E-state index in [0.717, 1.165) is 17.7 Å². The van der Waals surface area contributed by atoms with Crippen LogP contribution < -0.4 is 10.5 Å². The lowest BCUT2D eigenvalue weighted by Gasteiger charge is -2.37. The molecule has 0 aliphatic heterocycles. The molecular weight excluding hydrogens is 388 g/mol. The van der Waals surface area contributed by atoms with E-state index in [1.165, 1.54) is 29.5 Å². The third-order valence-corrected chi connectivity index (χ3v) is 6.58. The number of carbonyl (C=O) groups is 1. The maximum absolute atomic E-state index is 11.2. The normalized spacial score (nSPS) is 18.8. The Bertz CT molecular complexity index is 948. The first-order valence-electron chi connectivity index (χ1n) is 11.0. The van der Waals surface area contributed by atoms with Crippen LogP contribution in [-0.4, -0.2) is 24.0 Å². The predicted octanol–water partition coefficient (Wildman–Crippen LogP) is 5.38. The number of hydrogen-bond donors (Lipinski definition) is 2. The highest BCUT2D eigenvalue weighted by molar-refractivity contribution is 5.90. The van der Waals surface area contributed by atoms with E-state index in [9.17, 15) is 9.90 Å². The summed E-state index contributed by atoms with van der Waals surface area (Å²) in [6.07, 6.45) is 3.55. The highest BCUT2D eigenvalue weighted by atomic mass is 16.5. The summed E-state index contributed by atoms with van der Waals surface area (Å²) in [5.41, 5.74) is 11.1. The first-order chi connectivity index (χ1) is 14.7. The fraction of sp³-hybridized carbons (Fsp3) is 0.462. The van der Waals surface area contributed by atoms with Crippen molar-refractivity contribution in [1.29, 1.82) is 0 Å². The van der Waals surface area contributed by atoms with Crippen molar-refractivity contribution < 1.29 is 14.6 Å². The standard InChI is InChI=1S/C26H34N2O3/c1-5-18-12-13-26(2,3)23-11-6-17(14-21(18)23)16-31-20-9-7-19(8-10-20)22(15-24(29)30)25(27)28-4/h6-11,14,18,22H,5,12-13,15-16H2,1-4H3,(H2,27,28)(H,29,30). The summed E-state index contributed by atoms with van der Waals surface area (Å²) in [7, 11) is 1.57. The summed E-state index contributed by atoms with van der Waals surface area (Å²) in [5.74, 6) is 0.344. The van der Waals surface area contributed by atoms with Gasteiger partial charge in [0.25, 0.3) is 0 Å². The van der Waals surface area contributed by atoms with Crippen molar-refractivity contribution in [1.82, 2.24) is 0 Å². The zero-order valence-corrected chi connectivity index (χ0v) is 19.0. The van der Waals surface area contributed by atoms with E-state index in [0.29, 0.717) is 18.4 Å². The average molecular weight is 423 g/mol. The molecule has 1 aliphatic rings. The second kappa shape index (κ2) is 9.54. The van der Waals surface area contributed by atoms with Gasteiger partial charge in [-0.1, -0.05) is 51.1 Å². The van der Waals surface area contributed by atoms with Crippen molar-refractivity contribution >= 4 is 11.8 Å². The van der Waals surface area contributed by atoms with Gasteiger partial charge in [0, 0.05) is 7.05 Å². The van der Waals surface area contributed by atoms with E-state index < -0.39 is 11.9 Å². The van der Waals surface area contributed by atoms with Crippen molar-refractivity contribution in [3.05, 3.63) is 64.7 Å². The fourth-order valence-corrected chi connectivity index (χ4v) is 4.59. The number of amidine groups is 1. The third-order valence-electron chi connectivity index (χ3n) is 6.58. The van der Waals surface area contributed by atoms with Gasteiger partial charge in [-0.3, -0.25) is 9.79 Å². The lowest BCUT2D eigenvalue weighted by atomic mass is 9.68. The highest BCUT2D eigenvalue weighted by Gasteiger charge is 2.31. The van der Waals surface area contributed by atoms with Crippen molar-refractivity contribution in [3.63, 3.8) is 0 Å². The smallest absolute Gasteiger partial charge is 0.304 e. The van der Waals surface area contributed by atoms with Gasteiger partial charge in [0.2, 0.25) is 0 Å². The minimum absolute atomic E-state index is 0.0898. The molecule has 5 nitrogen and oxygen atoms in total. The molecule has 2 aromatic carbocycles. The Morgan fingerprint density at radius 2 is 1.97 bits per heavy atom. The Morgan fingerprint density at radius 3 is 2.58 bits per heavy atom. The SMILES string of the molecule is CCC1CCC(C)(C)c2ccc(COc3ccc(C(CC(=O)O)C(N)=NC)cc3)cc21. The van der Waals surface area contributed by atoms with Crippen molar-refractivity contribution in [2.45, 2.75) is 70.3 Å². The van der Waals surface area contributed by atoms with Gasteiger partial charge in [-0.25, -0.2) is 0 Å². The molecule has 0 bridgehead atoms. The Labute approximate surface area is 185 Å². The molecule has 3 rings (SSSR count). The summed E-state index contributed by atoms with van der Waals surface area (Å²) in [6.45, 7) is 7.44. The highest BCUT2D eigenvalue weighted by Crippen LogP contribution is 2.44. The molecule has 0 radical (unpaired) electrons. The Morgan fingerprint density at radius 1 is 1.26 bits per heavy atom. The maximum atomic E-state index is 11.2. The molecule has 0 aromatic heterocycles. The number of fused-ring (bicyclic) bond motifs is 1. The molecule has 0 amide bonds. The van der Waals surface area contributed by atoms with E-state index in [4.69, 9.17) is 10.5 Å². The van der Waals surface area contributed by atoms with Crippen LogP contribution in [0, 0.1) is 0 Å². The molecule has 2 aromatic rings. The molecule has 0 saturated heterocycles. The van der Waals surface area contributed by atoms with Crippen LogP contribution in [0.15, 0.2) is 47.5 Å². The van der Waals surface area contributed by atoms with Gasteiger partial charge in [0.1, 0.15) is 18.2 Å². The second-order valence-electron chi connectivity index (χ2n) is 9.11. The van der Waals surface area contributed by atoms with Crippen LogP contribution in [0.4, 0.5) is 0 Å². The Kier molecular flexibility index (Phi) is 7.04. The first-order valence-corrected chi connectivity index (χ1v) is 11.0. The lowest BCUT2D eigenvalue weighted by Crippen LogP contribution is -2.26. The number of carboxylic acid groups (broad SMARTS) is 1. The van der Waals surface area contributed by atoms with Crippen LogP contribution in [0.1, 0.15) is 80.5 Å². The number of carboxylic acids is 1. The molecule has 5 heteroatoms. The van der Waals surface area contributed by atoms with Gasteiger partial charge >= 0.3 is 5.97 Å². The van der Waals surface area contributed by atoms with Crippen LogP contribution in [0.5, 0.6) is 5.75 Å². The predicted molar refractivity (Wildman–Crippen MR) is 125 cm³/mol. The van der Waals surface area contributed by atoms with Gasteiger partial charge in [0.05, 0.1) is 12.3 Å². The molecular formula is C26H34N2O3. The van der Waals surface area contributed by atoms with Crippen LogP contribution in [0.25, 0.3) is 0 Å². The van der Waals surface area contributed by atoms with Gasteiger partial charge < -0.3 is 15.6 Å². The number of aliphatic imine (C=N–C) groups is 1. The molecule has 166 valence electrons. The molecule has 3 N–H and O–H groups in total. The van der Waals surface area contributed by atoms with Gasteiger partial charge in [-0.05, 0) is 65.0 Å². The van der Waals surface area contributed by atoms with Crippen LogP contribution >= 0.6 is 0 Å². The largest absolute Gasteiger partial charge is 0.489 e. The van der Waals surface area contributed by atoms with Gasteiger partial charge in [-0.15, -0.1) is 0 Å². The zero-order chi connectivity index (χ0) is 22.6. The van der Waals surface area contributed by atoms with E-state index in [2.05, 4.69) is 44.0 Å². The number of hydrogen-bond acceptors (Lipinski definition) is 3. The molecule has 31 heavy (non-hydrogen) atoms. The minimum atomic E-state index is -0.905. The lowest BCUT2D eigenvalue weighted by molar-refractivity contribution is -0.137. The second-order valence-corrected chi connectivity index (χ2v) is 9.11. The topological polar surface area (TPSA) is 84.9 Å². The van der Waals surface area contributed by atoms with E-state index >= 15 is 0 Å². The summed E-state index contributed by atoms with van der Waals surface area (Å²) in [6, 6.07) is 14.2. The zero-order valence-electron chi connectivity index (χ0n) is 19.0. The van der Waals surface area contributed by atoms with E-state index in [1.54, 1.807) is 7.05 Å².